The monoisotopic (exact) mass is 327 g/mol. The van der Waals surface area contributed by atoms with Crippen molar-refractivity contribution in [3.05, 3.63) is 70.0 Å². The molecule has 2 amide bonds. The summed E-state index contributed by atoms with van der Waals surface area (Å²) < 4.78 is 0. The fourth-order valence-electron chi connectivity index (χ4n) is 1.67. The van der Waals surface area contributed by atoms with E-state index in [-0.39, 0.29) is 12.2 Å². The van der Waals surface area contributed by atoms with Crippen molar-refractivity contribution < 1.29 is 14.5 Å². The average Bonchev–Trinajstić information content (AvgIpc) is 2.61. The highest BCUT2D eigenvalue weighted by molar-refractivity contribution is 5.96. The van der Waals surface area contributed by atoms with Crippen LogP contribution in [0, 0.1) is 10.1 Å². The molecule has 0 spiro atoms. The number of nitro benzene ring substituents is 1. The van der Waals surface area contributed by atoms with Crippen molar-refractivity contribution >= 4 is 23.7 Å². The minimum atomic E-state index is -0.506. The molecule has 9 heteroatoms. The third kappa shape index (κ3) is 4.98. The van der Waals surface area contributed by atoms with Crippen molar-refractivity contribution in [2.45, 2.75) is 0 Å². The lowest BCUT2D eigenvalue weighted by Gasteiger charge is -2.03. The number of hydrazone groups is 1. The van der Waals surface area contributed by atoms with Gasteiger partial charge in [0.2, 0.25) is 0 Å². The van der Waals surface area contributed by atoms with Gasteiger partial charge in [-0.2, -0.15) is 5.10 Å². The quantitative estimate of drug-likeness (QED) is 0.462. The lowest BCUT2D eigenvalue weighted by atomic mass is 10.2. The molecule has 0 radical (unpaired) electrons. The van der Waals surface area contributed by atoms with Crippen molar-refractivity contribution in [2.24, 2.45) is 5.10 Å². The number of rotatable bonds is 6. The highest BCUT2D eigenvalue weighted by Gasteiger charge is 2.07. The number of aromatic nitrogens is 1. The number of amides is 2. The van der Waals surface area contributed by atoms with E-state index in [0.29, 0.717) is 11.1 Å². The van der Waals surface area contributed by atoms with Gasteiger partial charge >= 0.3 is 0 Å². The van der Waals surface area contributed by atoms with Crippen molar-refractivity contribution in [1.29, 1.82) is 0 Å². The summed E-state index contributed by atoms with van der Waals surface area (Å²) in [5.74, 6) is -0.900. The zero-order valence-corrected chi connectivity index (χ0v) is 12.4. The van der Waals surface area contributed by atoms with E-state index in [1.54, 1.807) is 0 Å². The Morgan fingerprint density at radius 3 is 2.46 bits per heavy atom. The Balaban J connectivity index is 1.78. The van der Waals surface area contributed by atoms with Gasteiger partial charge in [0.15, 0.2) is 0 Å². The van der Waals surface area contributed by atoms with E-state index >= 15 is 0 Å². The second kappa shape index (κ2) is 8.13. The maximum absolute atomic E-state index is 11.7. The predicted molar refractivity (Wildman–Crippen MR) is 85.4 cm³/mol. The summed E-state index contributed by atoms with van der Waals surface area (Å²) in [6, 6.07) is 8.72. The molecule has 0 aliphatic heterocycles. The molecule has 122 valence electrons. The molecule has 0 atom stereocenters. The third-order valence-electron chi connectivity index (χ3n) is 2.86. The summed E-state index contributed by atoms with van der Waals surface area (Å²) in [6.07, 6.45) is 4.29. The Bertz CT molecular complexity index is 759. The number of carbonyl (C=O) groups is 2. The molecule has 9 nitrogen and oxygen atoms in total. The molecule has 24 heavy (non-hydrogen) atoms. The van der Waals surface area contributed by atoms with E-state index in [1.807, 2.05) is 0 Å². The first-order valence-electron chi connectivity index (χ1n) is 6.81. The summed E-state index contributed by atoms with van der Waals surface area (Å²) in [5.41, 5.74) is 3.19. The van der Waals surface area contributed by atoms with Gasteiger partial charge in [0.05, 0.1) is 17.7 Å². The number of hydrogen-bond acceptors (Lipinski definition) is 6. The zero-order chi connectivity index (χ0) is 17.4. The first kappa shape index (κ1) is 16.7. The standard InChI is InChI=1S/C15H13N5O4/c21-14(10-17-15(22)12-5-7-16-8-6-12)19-18-9-11-1-3-13(4-2-11)20(23)24/h1-9H,10H2,(H,17,22)(H,19,21)/b18-9-. The molecule has 0 aliphatic rings. The molecule has 0 bridgehead atoms. The number of carbonyl (C=O) groups excluding carboxylic acids is 2. The number of non-ortho nitro benzene ring substituents is 1. The van der Waals surface area contributed by atoms with Gasteiger partial charge in [0, 0.05) is 30.1 Å². The molecule has 2 rings (SSSR count). The molecule has 0 saturated carbocycles. The van der Waals surface area contributed by atoms with Crippen LogP contribution in [0.25, 0.3) is 0 Å². The normalized spacial score (nSPS) is 10.3. The van der Waals surface area contributed by atoms with E-state index in [9.17, 15) is 19.7 Å². The second-order valence-corrected chi connectivity index (χ2v) is 4.56. The fraction of sp³-hybridized carbons (Fsp3) is 0.0667. The van der Waals surface area contributed by atoms with E-state index in [4.69, 9.17) is 0 Å². The van der Waals surface area contributed by atoms with Crippen LogP contribution >= 0.6 is 0 Å². The summed E-state index contributed by atoms with van der Waals surface area (Å²) in [5, 5.41) is 16.7. The van der Waals surface area contributed by atoms with Crippen LogP contribution in [-0.4, -0.2) is 34.5 Å². The minimum Gasteiger partial charge on any atom is -0.343 e. The van der Waals surface area contributed by atoms with E-state index in [1.165, 1.54) is 55.0 Å². The van der Waals surface area contributed by atoms with Gasteiger partial charge in [-0.1, -0.05) is 0 Å². The number of nitro groups is 1. The zero-order valence-electron chi connectivity index (χ0n) is 12.4. The molecule has 1 aromatic carbocycles. The van der Waals surface area contributed by atoms with Crippen molar-refractivity contribution in [3.63, 3.8) is 0 Å². The molecule has 1 aromatic heterocycles. The SMILES string of the molecule is O=C(CNC(=O)c1ccncc1)N/N=C\c1ccc([N+](=O)[O-])cc1. The fourth-order valence-corrected chi connectivity index (χ4v) is 1.67. The van der Waals surface area contributed by atoms with Gasteiger partial charge in [-0.15, -0.1) is 0 Å². The summed E-state index contributed by atoms with van der Waals surface area (Å²) in [6.45, 7) is -0.237. The van der Waals surface area contributed by atoms with E-state index in [2.05, 4.69) is 20.8 Å². The first-order valence-corrected chi connectivity index (χ1v) is 6.81. The van der Waals surface area contributed by atoms with Gasteiger partial charge in [-0.3, -0.25) is 24.7 Å². The number of hydrogen-bond donors (Lipinski definition) is 2. The molecule has 0 saturated heterocycles. The smallest absolute Gasteiger partial charge is 0.269 e. The molecule has 0 unspecified atom stereocenters. The maximum Gasteiger partial charge on any atom is 0.269 e. The van der Waals surface area contributed by atoms with Crippen LogP contribution in [0.4, 0.5) is 5.69 Å². The molecule has 1 heterocycles. The number of benzene rings is 1. The number of pyridine rings is 1. The topological polar surface area (TPSA) is 127 Å². The van der Waals surface area contributed by atoms with Crippen molar-refractivity contribution in [1.82, 2.24) is 15.7 Å². The molecule has 0 fully saturated rings. The number of nitrogens with one attached hydrogen (secondary N) is 2. The van der Waals surface area contributed by atoms with E-state index in [0.717, 1.165) is 0 Å². The highest BCUT2D eigenvalue weighted by atomic mass is 16.6. The van der Waals surface area contributed by atoms with Gasteiger partial charge < -0.3 is 5.32 Å². The van der Waals surface area contributed by atoms with Gasteiger partial charge in [-0.25, -0.2) is 5.43 Å². The van der Waals surface area contributed by atoms with Crippen LogP contribution in [0.1, 0.15) is 15.9 Å². The Hall–Kier alpha value is -3.62. The van der Waals surface area contributed by atoms with Crippen LogP contribution in [0.2, 0.25) is 0 Å². The maximum atomic E-state index is 11.7. The second-order valence-electron chi connectivity index (χ2n) is 4.56. The van der Waals surface area contributed by atoms with Gasteiger partial charge in [-0.05, 0) is 29.8 Å². The highest BCUT2D eigenvalue weighted by Crippen LogP contribution is 2.10. The van der Waals surface area contributed by atoms with Crippen LogP contribution in [0.15, 0.2) is 53.9 Å². The summed E-state index contributed by atoms with van der Waals surface area (Å²) in [4.78, 5) is 37.1. The lowest BCUT2D eigenvalue weighted by Crippen LogP contribution is -2.34. The Kier molecular flexibility index (Phi) is 5.67. The molecule has 2 N–H and O–H groups in total. The first-order chi connectivity index (χ1) is 11.6. The van der Waals surface area contributed by atoms with Crippen LogP contribution < -0.4 is 10.7 Å². The van der Waals surface area contributed by atoms with Crippen LogP contribution in [-0.2, 0) is 4.79 Å². The van der Waals surface area contributed by atoms with E-state index < -0.39 is 16.7 Å². The lowest BCUT2D eigenvalue weighted by molar-refractivity contribution is -0.384. The summed E-state index contributed by atoms with van der Waals surface area (Å²) in [7, 11) is 0. The van der Waals surface area contributed by atoms with Gasteiger partial charge in [0.25, 0.3) is 17.5 Å². The number of nitrogens with zero attached hydrogens (tertiary/aromatic N) is 3. The Labute approximate surface area is 136 Å². The minimum absolute atomic E-state index is 0.0324. The average molecular weight is 327 g/mol. The van der Waals surface area contributed by atoms with Gasteiger partial charge in [0.1, 0.15) is 0 Å². The Morgan fingerprint density at radius 1 is 1.17 bits per heavy atom. The molecule has 0 aliphatic carbocycles. The Morgan fingerprint density at radius 2 is 1.83 bits per heavy atom. The van der Waals surface area contributed by atoms with Crippen molar-refractivity contribution in [3.8, 4) is 0 Å². The largest absolute Gasteiger partial charge is 0.343 e. The molecular formula is C15H13N5O4. The molecular weight excluding hydrogens is 314 g/mol. The molecule has 2 aromatic rings. The predicted octanol–water partition coefficient (Wildman–Crippen LogP) is 0.870. The van der Waals surface area contributed by atoms with Crippen LogP contribution in [0.5, 0.6) is 0 Å². The van der Waals surface area contributed by atoms with Crippen LogP contribution in [0.3, 0.4) is 0 Å². The van der Waals surface area contributed by atoms with Crippen molar-refractivity contribution in [2.75, 3.05) is 6.54 Å². The summed E-state index contributed by atoms with van der Waals surface area (Å²) >= 11 is 0. The third-order valence-corrected chi connectivity index (χ3v) is 2.86.